The molecular formula is C15H22N4O2S2. The summed E-state index contributed by atoms with van der Waals surface area (Å²) in [7, 11) is -3.38. The number of benzene rings is 1. The lowest BCUT2D eigenvalue weighted by molar-refractivity contribution is 0.375. The predicted octanol–water partition coefficient (Wildman–Crippen LogP) is 1.97. The predicted molar refractivity (Wildman–Crippen MR) is 95.3 cm³/mol. The molecule has 0 unspecified atom stereocenters. The van der Waals surface area contributed by atoms with Gasteiger partial charge in [-0.1, -0.05) is 23.5 Å². The van der Waals surface area contributed by atoms with Gasteiger partial charge >= 0.3 is 0 Å². The maximum absolute atomic E-state index is 12.2. The van der Waals surface area contributed by atoms with Crippen LogP contribution in [0, 0.1) is 6.92 Å². The second-order valence-corrected chi connectivity index (χ2v) is 8.76. The van der Waals surface area contributed by atoms with E-state index in [0.29, 0.717) is 26.2 Å². The molecule has 1 aliphatic rings. The number of fused-ring (bicyclic) bond motifs is 1. The van der Waals surface area contributed by atoms with Crippen LogP contribution < -0.4 is 9.62 Å². The third-order valence-electron chi connectivity index (χ3n) is 3.83. The summed E-state index contributed by atoms with van der Waals surface area (Å²) in [6.45, 7) is 8.05. The van der Waals surface area contributed by atoms with E-state index < -0.39 is 10.2 Å². The lowest BCUT2D eigenvalue weighted by atomic mass is 10.2. The first-order valence-electron chi connectivity index (χ1n) is 7.75. The van der Waals surface area contributed by atoms with Crippen LogP contribution in [-0.4, -0.2) is 49.9 Å². The van der Waals surface area contributed by atoms with E-state index in [1.807, 2.05) is 26.0 Å². The normalized spacial score (nSPS) is 17.3. The van der Waals surface area contributed by atoms with E-state index in [4.69, 9.17) is 4.98 Å². The molecule has 3 rings (SSSR count). The van der Waals surface area contributed by atoms with Gasteiger partial charge in [-0.3, -0.25) is 0 Å². The Morgan fingerprint density at radius 1 is 1.22 bits per heavy atom. The Balaban J connectivity index is 1.72. The fraction of sp³-hybridized carbons (Fsp3) is 0.533. The quantitative estimate of drug-likeness (QED) is 0.912. The number of rotatable bonds is 4. The van der Waals surface area contributed by atoms with Crippen LogP contribution in [0.15, 0.2) is 18.2 Å². The SMILES string of the molecule is Cc1cccc2nc(N3CCN(S(=O)(=O)NC(C)C)CC3)sc12. The average Bonchev–Trinajstić information content (AvgIpc) is 2.92. The molecule has 0 bridgehead atoms. The molecule has 1 aliphatic heterocycles. The average molecular weight is 355 g/mol. The molecule has 0 amide bonds. The Morgan fingerprint density at radius 3 is 2.52 bits per heavy atom. The summed E-state index contributed by atoms with van der Waals surface area (Å²) in [6.07, 6.45) is 0. The van der Waals surface area contributed by atoms with Gasteiger partial charge in [0.15, 0.2) is 5.13 Å². The lowest BCUT2D eigenvalue weighted by Gasteiger charge is -2.34. The van der Waals surface area contributed by atoms with E-state index in [1.165, 1.54) is 14.6 Å². The van der Waals surface area contributed by atoms with E-state index in [2.05, 4.69) is 22.6 Å². The monoisotopic (exact) mass is 354 g/mol. The molecule has 126 valence electrons. The smallest absolute Gasteiger partial charge is 0.279 e. The van der Waals surface area contributed by atoms with E-state index in [0.717, 1.165) is 10.6 Å². The van der Waals surface area contributed by atoms with Crippen LogP contribution >= 0.6 is 11.3 Å². The Labute approximate surface area is 141 Å². The summed E-state index contributed by atoms with van der Waals surface area (Å²) in [5.74, 6) is 0. The summed E-state index contributed by atoms with van der Waals surface area (Å²) >= 11 is 1.68. The minimum absolute atomic E-state index is 0.0923. The summed E-state index contributed by atoms with van der Waals surface area (Å²) in [6, 6.07) is 6.04. The highest BCUT2D eigenvalue weighted by Crippen LogP contribution is 2.31. The number of nitrogens with one attached hydrogen (secondary N) is 1. The number of aryl methyl sites for hydroxylation is 1. The van der Waals surface area contributed by atoms with Crippen molar-refractivity contribution >= 4 is 36.9 Å². The second-order valence-electron chi connectivity index (χ2n) is 6.08. The molecule has 2 heterocycles. The number of nitrogens with zero attached hydrogens (tertiary/aromatic N) is 3. The van der Waals surface area contributed by atoms with Crippen molar-refractivity contribution in [3.05, 3.63) is 23.8 Å². The first kappa shape index (κ1) is 16.6. The van der Waals surface area contributed by atoms with Crippen molar-refractivity contribution in [2.75, 3.05) is 31.1 Å². The maximum atomic E-state index is 12.2. The van der Waals surface area contributed by atoms with Crippen LogP contribution in [0.2, 0.25) is 0 Å². The van der Waals surface area contributed by atoms with Gasteiger partial charge in [-0.2, -0.15) is 17.4 Å². The molecule has 1 aromatic heterocycles. The molecule has 1 saturated heterocycles. The summed E-state index contributed by atoms with van der Waals surface area (Å²) in [5, 5.41) is 0.975. The van der Waals surface area contributed by atoms with Crippen LogP contribution in [0.1, 0.15) is 19.4 Å². The molecule has 6 nitrogen and oxygen atoms in total. The second kappa shape index (κ2) is 6.35. The Hall–Kier alpha value is -1.22. The van der Waals surface area contributed by atoms with Gasteiger partial charge in [-0.15, -0.1) is 0 Å². The number of hydrogen-bond donors (Lipinski definition) is 1. The van der Waals surface area contributed by atoms with Gasteiger partial charge in [0, 0.05) is 32.2 Å². The van der Waals surface area contributed by atoms with Gasteiger partial charge in [-0.05, 0) is 32.4 Å². The van der Waals surface area contributed by atoms with Crippen molar-refractivity contribution in [1.29, 1.82) is 0 Å². The highest BCUT2D eigenvalue weighted by Gasteiger charge is 2.28. The fourth-order valence-corrected chi connectivity index (χ4v) is 5.18. The molecule has 1 fully saturated rings. The van der Waals surface area contributed by atoms with E-state index in [9.17, 15) is 8.42 Å². The first-order chi connectivity index (χ1) is 10.9. The van der Waals surface area contributed by atoms with E-state index in [-0.39, 0.29) is 6.04 Å². The molecule has 1 aromatic carbocycles. The lowest BCUT2D eigenvalue weighted by Crippen LogP contribution is -2.53. The molecule has 0 saturated carbocycles. The van der Waals surface area contributed by atoms with Crippen molar-refractivity contribution in [2.45, 2.75) is 26.8 Å². The van der Waals surface area contributed by atoms with Crippen LogP contribution in [0.25, 0.3) is 10.2 Å². The molecule has 2 aromatic rings. The number of piperazine rings is 1. The van der Waals surface area contributed by atoms with E-state index in [1.54, 1.807) is 11.3 Å². The van der Waals surface area contributed by atoms with Gasteiger partial charge in [0.25, 0.3) is 10.2 Å². The summed E-state index contributed by atoms with van der Waals surface area (Å²) < 4.78 is 29.8. The van der Waals surface area contributed by atoms with Gasteiger partial charge in [0.1, 0.15) is 0 Å². The summed E-state index contributed by atoms with van der Waals surface area (Å²) in [4.78, 5) is 6.87. The Morgan fingerprint density at radius 2 is 1.91 bits per heavy atom. The zero-order chi connectivity index (χ0) is 16.6. The number of hydrogen-bond acceptors (Lipinski definition) is 5. The zero-order valence-corrected chi connectivity index (χ0v) is 15.2. The standard InChI is InChI=1S/C15H22N4O2S2/c1-11(2)17-23(20,21)19-9-7-18(8-10-19)15-16-13-6-4-5-12(3)14(13)22-15/h4-6,11,17H,7-10H2,1-3H3. The third-order valence-corrected chi connectivity index (χ3v) is 6.92. The van der Waals surface area contributed by atoms with Crippen molar-refractivity contribution in [3.63, 3.8) is 0 Å². The summed E-state index contributed by atoms with van der Waals surface area (Å²) in [5.41, 5.74) is 2.25. The highest BCUT2D eigenvalue weighted by atomic mass is 32.2. The topological polar surface area (TPSA) is 65.5 Å². The minimum Gasteiger partial charge on any atom is -0.345 e. The molecule has 0 radical (unpaired) electrons. The zero-order valence-electron chi connectivity index (χ0n) is 13.6. The Kier molecular flexibility index (Phi) is 4.59. The minimum atomic E-state index is -3.38. The highest BCUT2D eigenvalue weighted by molar-refractivity contribution is 7.87. The molecule has 23 heavy (non-hydrogen) atoms. The largest absolute Gasteiger partial charge is 0.345 e. The Bertz CT molecular complexity index is 793. The van der Waals surface area contributed by atoms with Crippen LogP contribution in [0.5, 0.6) is 0 Å². The molecular weight excluding hydrogens is 332 g/mol. The van der Waals surface area contributed by atoms with Crippen molar-refractivity contribution < 1.29 is 8.42 Å². The van der Waals surface area contributed by atoms with Crippen molar-refractivity contribution in [2.24, 2.45) is 0 Å². The van der Waals surface area contributed by atoms with Gasteiger partial charge in [0.05, 0.1) is 10.2 Å². The molecule has 1 N–H and O–H groups in total. The number of aromatic nitrogens is 1. The van der Waals surface area contributed by atoms with Gasteiger partial charge in [0.2, 0.25) is 0 Å². The van der Waals surface area contributed by atoms with Gasteiger partial charge in [-0.25, -0.2) is 4.98 Å². The van der Waals surface area contributed by atoms with Crippen molar-refractivity contribution in [3.8, 4) is 0 Å². The van der Waals surface area contributed by atoms with Crippen LogP contribution in [0.3, 0.4) is 0 Å². The molecule has 0 aliphatic carbocycles. The first-order valence-corrected chi connectivity index (χ1v) is 10.0. The number of thiazole rings is 1. The molecule has 0 atom stereocenters. The maximum Gasteiger partial charge on any atom is 0.279 e. The van der Waals surface area contributed by atoms with Crippen LogP contribution in [0.4, 0.5) is 5.13 Å². The third kappa shape index (κ3) is 3.50. The van der Waals surface area contributed by atoms with Crippen LogP contribution in [-0.2, 0) is 10.2 Å². The number of anilines is 1. The van der Waals surface area contributed by atoms with E-state index >= 15 is 0 Å². The fourth-order valence-electron chi connectivity index (χ4n) is 2.70. The van der Waals surface area contributed by atoms with Crippen molar-refractivity contribution in [1.82, 2.24) is 14.0 Å². The van der Waals surface area contributed by atoms with Gasteiger partial charge < -0.3 is 4.90 Å². The molecule has 8 heteroatoms. The molecule has 0 spiro atoms.